The molecule has 47 heavy (non-hydrogen) atoms. The molecule has 5 atom stereocenters. The van der Waals surface area contributed by atoms with Gasteiger partial charge in [-0.05, 0) is 24.3 Å². The van der Waals surface area contributed by atoms with Crippen molar-refractivity contribution < 1.29 is 71.6 Å². The second-order valence-corrected chi connectivity index (χ2v) is 9.59. The van der Waals surface area contributed by atoms with Crippen LogP contribution in [0.25, 0.3) is 0 Å². The lowest BCUT2D eigenvalue weighted by Gasteiger charge is -2.43. The first-order valence-electron chi connectivity index (χ1n) is 13.7. The molecule has 1 fully saturated rings. The maximum Gasteiger partial charge on any atom is 0.515 e. The minimum Gasteiger partial charge on any atom is -0.463 e. The Bertz CT molecular complexity index is 1460. The van der Waals surface area contributed by atoms with Gasteiger partial charge in [-0.1, -0.05) is 18.2 Å². The van der Waals surface area contributed by atoms with Crippen LogP contribution in [-0.4, -0.2) is 85.1 Å². The van der Waals surface area contributed by atoms with Crippen molar-refractivity contribution in [3.8, 4) is 5.75 Å². The Balaban J connectivity index is 1.96. The van der Waals surface area contributed by atoms with Gasteiger partial charge >= 0.3 is 36.1 Å². The molecule has 0 aliphatic carbocycles. The highest BCUT2D eigenvalue weighted by Crippen LogP contribution is 2.31. The third-order valence-corrected chi connectivity index (χ3v) is 6.01. The van der Waals surface area contributed by atoms with Crippen LogP contribution in [0, 0.1) is 10.1 Å². The molecule has 1 aliphatic rings. The van der Waals surface area contributed by atoms with Gasteiger partial charge in [0.25, 0.3) is 5.69 Å². The van der Waals surface area contributed by atoms with Gasteiger partial charge in [0.15, 0.2) is 18.9 Å². The molecule has 0 bridgehead atoms. The van der Waals surface area contributed by atoms with E-state index in [1.807, 2.05) is 0 Å². The Morgan fingerprint density at radius 3 is 1.87 bits per heavy atom. The molecule has 1 saturated heterocycles. The first-order valence-corrected chi connectivity index (χ1v) is 13.7. The van der Waals surface area contributed by atoms with E-state index >= 15 is 0 Å². The van der Waals surface area contributed by atoms with E-state index in [0.29, 0.717) is 4.90 Å². The summed E-state index contributed by atoms with van der Waals surface area (Å²) in [6.45, 7) is 2.66. The number of ether oxygens (including phenoxy) is 8. The van der Waals surface area contributed by atoms with E-state index < -0.39 is 85.1 Å². The smallest absolute Gasteiger partial charge is 0.463 e. The number of nitro benzene ring substituents is 1. The maximum atomic E-state index is 13.6. The average Bonchev–Trinajstić information content (AvgIpc) is 2.99. The Morgan fingerprint density at radius 1 is 0.745 bits per heavy atom. The van der Waals surface area contributed by atoms with Crippen molar-refractivity contribution in [2.24, 2.45) is 0 Å². The number of nitro groups is 1. The third kappa shape index (κ3) is 10.7. The number of rotatable bonds is 11. The summed E-state index contributed by atoms with van der Waals surface area (Å²) in [4.78, 5) is 84.9. The van der Waals surface area contributed by atoms with E-state index in [1.165, 1.54) is 12.1 Å². The number of esters is 4. The fourth-order valence-corrected chi connectivity index (χ4v) is 4.16. The van der Waals surface area contributed by atoms with Gasteiger partial charge in [-0.2, -0.15) is 0 Å². The van der Waals surface area contributed by atoms with Gasteiger partial charge < -0.3 is 37.9 Å². The molecule has 3 rings (SSSR count). The Morgan fingerprint density at radius 2 is 1.32 bits per heavy atom. The summed E-state index contributed by atoms with van der Waals surface area (Å²) in [6, 6.07) is 12.2. The van der Waals surface area contributed by atoms with Crippen LogP contribution in [0.1, 0.15) is 27.7 Å². The normalized spacial score (nSPS) is 20.0. The maximum absolute atomic E-state index is 13.6. The molecule has 1 amide bonds. The number of benzene rings is 2. The van der Waals surface area contributed by atoms with Crippen LogP contribution in [0.5, 0.6) is 5.75 Å². The number of anilines is 1. The molecule has 2 aromatic carbocycles. The van der Waals surface area contributed by atoms with Crippen LogP contribution in [0.2, 0.25) is 0 Å². The number of amides is 1. The predicted octanol–water partition coefficient (Wildman–Crippen LogP) is 2.79. The summed E-state index contributed by atoms with van der Waals surface area (Å²) in [5.41, 5.74) is -0.398. The van der Waals surface area contributed by atoms with Gasteiger partial charge in [-0.15, -0.1) is 0 Å². The van der Waals surface area contributed by atoms with Crippen molar-refractivity contribution in [3.05, 3.63) is 64.7 Å². The molecule has 0 radical (unpaired) electrons. The molecule has 1 heterocycles. The van der Waals surface area contributed by atoms with E-state index in [4.69, 9.17) is 37.9 Å². The molecule has 18 heteroatoms. The van der Waals surface area contributed by atoms with E-state index in [2.05, 4.69) is 0 Å². The Kier molecular flexibility index (Phi) is 12.5. The van der Waals surface area contributed by atoms with Crippen LogP contribution >= 0.6 is 0 Å². The predicted molar refractivity (Wildman–Crippen MR) is 152 cm³/mol. The van der Waals surface area contributed by atoms with Gasteiger partial charge in [0.05, 0.1) is 10.6 Å². The van der Waals surface area contributed by atoms with Crippen LogP contribution in [0.3, 0.4) is 0 Å². The first-order chi connectivity index (χ1) is 22.2. The van der Waals surface area contributed by atoms with E-state index in [9.17, 15) is 38.9 Å². The zero-order chi connectivity index (χ0) is 34.7. The third-order valence-electron chi connectivity index (χ3n) is 6.01. The SMILES string of the molecule is CC(=O)OC[C@H]1O[C@H](OC(=O)N(COC(=O)Oc2ccccc2)c2ccc([N+](=O)[O-])cc2)[C@H](OC(C)=O)[C@@H](OC(C)=O)[C@H]1OC(C)=O. The highest BCUT2D eigenvalue weighted by atomic mass is 16.8. The van der Waals surface area contributed by atoms with Gasteiger partial charge in [-0.3, -0.25) is 29.3 Å². The molecule has 0 spiro atoms. The molecular formula is C29H30N2O16. The molecule has 252 valence electrons. The van der Waals surface area contributed by atoms with Gasteiger partial charge in [0.2, 0.25) is 12.4 Å². The monoisotopic (exact) mass is 662 g/mol. The van der Waals surface area contributed by atoms with Crippen molar-refractivity contribution >= 4 is 47.5 Å². The van der Waals surface area contributed by atoms with Crippen molar-refractivity contribution in [2.45, 2.75) is 58.4 Å². The summed E-state index contributed by atoms with van der Waals surface area (Å²) < 4.78 is 42.3. The summed E-state index contributed by atoms with van der Waals surface area (Å²) in [7, 11) is 0. The molecule has 0 saturated carbocycles. The minimum absolute atomic E-state index is 0.0706. The van der Waals surface area contributed by atoms with Crippen molar-refractivity contribution in [2.75, 3.05) is 18.2 Å². The summed E-state index contributed by atoms with van der Waals surface area (Å²) in [5.74, 6) is -3.38. The average molecular weight is 663 g/mol. The lowest BCUT2D eigenvalue weighted by Crippen LogP contribution is -2.63. The first kappa shape index (κ1) is 35.7. The zero-order valence-electron chi connectivity index (χ0n) is 25.4. The molecule has 0 N–H and O–H groups in total. The van der Waals surface area contributed by atoms with Crippen molar-refractivity contribution in [1.82, 2.24) is 0 Å². The molecule has 18 nitrogen and oxygen atoms in total. The minimum atomic E-state index is -1.92. The fraction of sp³-hybridized carbons (Fsp3) is 0.379. The fourth-order valence-electron chi connectivity index (χ4n) is 4.16. The summed E-state index contributed by atoms with van der Waals surface area (Å²) in [6.07, 6.45) is -10.8. The topological polar surface area (TPSA) is 223 Å². The van der Waals surface area contributed by atoms with E-state index in [0.717, 1.165) is 52.0 Å². The highest BCUT2D eigenvalue weighted by Gasteiger charge is 2.54. The largest absolute Gasteiger partial charge is 0.515 e. The quantitative estimate of drug-likeness (QED) is 0.0842. The van der Waals surface area contributed by atoms with Gasteiger partial charge in [-0.25, -0.2) is 14.5 Å². The van der Waals surface area contributed by atoms with Gasteiger partial charge in [0, 0.05) is 39.8 Å². The van der Waals surface area contributed by atoms with Crippen LogP contribution in [0.4, 0.5) is 21.0 Å². The lowest BCUT2D eigenvalue weighted by molar-refractivity contribution is -0.384. The van der Waals surface area contributed by atoms with Crippen molar-refractivity contribution in [1.29, 1.82) is 0 Å². The molecular weight excluding hydrogens is 632 g/mol. The van der Waals surface area contributed by atoms with Gasteiger partial charge in [0.1, 0.15) is 18.5 Å². The number of hydrogen-bond acceptors (Lipinski definition) is 16. The second kappa shape index (κ2) is 16.5. The number of non-ortho nitro benzene ring substituents is 1. The van der Waals surface area contributed by atoms with Crippen LogP contribution < -0.4 is 9.64 Å². The highest BCUT2D eigenvalue weighted by molar-refractivity contribution is 5.88. The van der Waals surface area contributed by atoms with Crippen LogP contribution in [0.15, 0.2) is 54.6 Å². The van der Waals surface area contributed by atoms with Crippen LogP contribution in [-0.2, 0) is 52.3 Å². The van der Waals surface area contributed by atoms with Crippen molar-refractivity contribution in [3.63, 3.8) is 0 Å². The molecule has 1 aliphatic heterocycles. The Hall–Kier alpha value is -5.78. The summed E-state index contributed by atoms with van der Waals surface area (Å²) >= 11 is 0. The number of carbonyl (C=O) groups is 6. The summed E-state index contributed by atoms with van der Waals surface area (Å²) in [5, 5.41) is 11.2. The molecule has 0 unspecified atom stereocenters. The standard InChI is InChI=1S/C29H30N2O16/c1-16(32)40-14-23-24(42-17(2)33)25(43-18(3)34)26(44-19(4)35)27(46-23)47-28(36)30(20-10-12-21(13-11-20)31(38)39)15-41-29(37)45-22-8-6-5-7-9-22/h5-13,23-27H,14-15H2,1-4H3/t23-,24+,25+,26-,27-/m1/s1. The van der Waals surface area contributed by atoms with E-state index in [-0.39, 0.29) is 17.1 Å². The lowest BCUT2D eigenvalue weighted by atomic mass is 9.98. The zero-order valence-corrected chi connectivity index (χ0v) is 25.4. The van der Waals surface area contributed by atoms with E-state index in [1.54, 1.807) is 18.2 Å². The number of nitrogens with zero attached hydrogens (tertiary/aromatic N) is 2. The molecule has 2 aromatic rings. The number of carbonyl (C=O) groups excluding carboxylic acids is 6. The number of para-hydroxylation sites is 1. The Labute approximate surface area is 266 Å². The molecule has 0 aromatic heterocycles. The number of hydrogen-bond donors (Lipinski definition) is 0. The second-order valence-electron chi connectivity index (χ2n) is 9.59.